The molecule has 0 aliphatic rings. The summed E-state index contributed by atoms with van der Waals surface area (Å²) in [5, 5.41) is 0. The predicted octanol–water partition coefficient (Wildman–Crippen LogP) is 2.78. The highest BCUT2D eigenvalue weighted by Crippen LogP contribution is 2.22. The van der Waals surface area contributed by atoms with E-state index in [1.165, 1.54) is 18.7 Å². The second-order valence-electron chi connectivity index (χ2n) is 1.85. The van der Waals surface area contributed by atoms with Gasteiger partial charge in [-0.15, -0.1) is 0 Å². The first-order valence-electron chi connectivity index (χ1n) is 3.08. The highest BCUT2D eigenvalue weighted by atomic mass is 32.2. The summed E-state index contributed by atoms with van der Waals surface area (Å²) in [6, 6.07) is 0. The maximum Gasteiger partial charge on any atom is 0.256 e. The van der Waals surface area contributed by atoms with Crippen LogP contribution in [0.3, 0.4) is 0 Å². The molecule has 0 N–H and O–H groups in total. The van der Waals surface area contributed by atoms with Crippen LogP contribution in [0, 0.1) is 0 Å². The van der Waals surface area contributed by atoms with Crippen LogP contribution in [0.4, 0.5) is 8.78 Å². The first-order valence-corrected chi connectivity index (χ1v) is 4.23. The minimum Gasteiger partial charge on any atom is -0.206 e. The average molecular weight is 154 g/mol. The van der Waals surface area contributed by atoms with Crippen molar-refractivity contribution in [1.82, 2.24) is 0 Å². The molecule has 0 rings (SSSR count). The lowest BCUT2D eigenvalue weighted by Gasteiger charge is -2.11. The molecule has 0 bridgehead atoms. The van der Waals surface area contributed by atoms with Gasteiger partial charge in [-0.3, -0.25) is 0 Å². The van der Waals surface area contributed by atoms with Crippen LogP contribution in [0.25, 0.3) is 0 Å². The van der Waals surface area contributed by atoms with Crippen molar-refractivity contribution in [2.75, 3.05) is 11.5 Å². The number of hydrogen-bond acceptors (Lipinski definition) is 1. The zero-order valence-corrected chi connectivity index (χ0v) is 6.60. The fourth-order valence-corrected chi connectivity index (χ4v) is 1.06. The highest BCUT2D eigenvalue weighted by Gasteiger charge is 2.24. The van der Waals surface area contributed by atoms with Gasteiger partial charge in [0.2, 0.25) is 0 Å². The smallest absolute Gasteiger partial charge is 0.206 e. The number of halogens is 2. The van der Waals surface area contributed by atoms with Crippen LogP contribution in [-0.2, 0) is 0 Å². The molecule has 0 unspecified atom stereocenters. The van der Waals surface area contributed by atoms with E-state index in [4.69, 9.17) is 0 Å². The van der Waals surface area contributed by atoms with Gasteiger partial charge in [-0.1, -0.05) is 13.8 Å². The summed E-state index contributed by atoms with van der Waals surface area (Å²) in [7, 11) is 0. The minimum atomic E-state index is -2.44. The van der Waals surface area contributed by atoms with Crippen molar-refractivity contribution < 1.29 is 8.78 Å². The van der Waals surface area contributed by atoms with Gasteiger partial charge in [0, 0.05) is 6.42 Å². The third-order valence-corrected chi connectivity index (χ3v) is 2.07. The molecule has 0 atom stereocenters. The molecule has 0 spiro atoms. The van der Waals surface area contributed by atoms with Gasteiger partial charge in [-0.2, -0.15) is 11.8 Å². The Balaban J connectivity index is 3.33. The van der Waals surface area contributed by atoms with Crippen LogP contribution >= 0.6 is 11.8 Å². The summed E-state index contributed by atoms with van der Waals surface area (Å²) in [5.41, 5.74) is 0. The summed E-state index contributed by atoms with van der Waals surface area (Å²) in [6.07, 6.45) is -0.0417. The standard InChI is InChI=1S/C6H12F2S/c1-3-6(7,8)5-9-4-2/h3-5H2,1-2H3. The Kier molecular flexibility index (Phi) is 4.19. The number of alkyl halides is 2. The van der Waals surface area contributed by atoms with Gasteiger partial charge in [0.1, 0.15) is 0 Å². The molecule has 56 valence electrons. The quantitative estimate of drug-likeness (QED) is 0.600. The maximum atomic E-state index is 12.3. The van der Waals surface area contributed by atoms with Gasteiger partial charge in [-0.25, -0.2) is 8.78 Å². The Labute approximate surface area is 59.0 Å². The molecule has 0 aliphatic heterocycles. The summed E-state index contributed by atoms with van der Waals surface area (Å²) in [5.74, 6) is -1.70. The Morgan fingerprint density at radius 1 is 1.33 bits per heavy atom. The van der Waals surface area contributed by atoms with Crippen LogP contribution < -0.4 is 0 Å². The Hall–Kier alpha value is 0.210. The van der Waals surface area contributed by atoms with E-state index in [9.17, 15) is 8.78 Å². The van der Waals surface area contributed by atoms with Gasteiger partial charge in [0.25, 0.3) is 5.92 Å². The predicted molar refractivity (Wildman–Crippen MR) is 38.2 cm³/mol. The van der Waals surface area contributed by atoms with Gasteiger partial charge in [0.05, 0.1) is 5.75 Å². The van der Waals surface area contributed by atoms with E-state index < -0.39 is 5.92 Å². The maximum absolute atomic E-state index is 12.3. The average Bonchev–Trinajstić information content (AvgIpc) is 1.84. The first-order chi connectivity index (χ1) is 4.12. The first kappa shape index (κ1) is 9.21. The minimum absolute atomic E-state index is 0.0278. The molecule has 0 fully saturated rings. The second kappa shape index (κ2) is 4.09. The van der Waals surface area contributed by atoms with Crippen LogP contribution in [0.1, 0.15) is 20.3 Å². The summed E-state index contributed by atoms with van der Waals surface area (Å²) >= 11 is 1.29. The van der Waals surface area contributed by atoms with Crippen LogP contribution in [0.15, 0.2) is 0 Å². The van der Waals surface area contributed by atoms with Crippen LogP contribution in [0.2, 0.25) is 0 Å². The van der Waals surface area contributed by atoms with E-state index in [0.717, 1.165) is 5.75 Å². The normalized spacial score (nSPS) is 12.0. The fourth-order valence-electron chi connectivity index (χ4n) is 0.353. The Morgan fingerprint density at radius 3 is 2.22 bits per heavy atom. The molecule has 0 radical (unpaired) electrons. The molecular formula is C6H12F2S. The monoisotopic (exact) mass is 154 g/mol. The van der Waals surface area contributed by atoms with Crippen molar-refractivity contribution in [3.05, 3.63) is 0 Å². The number of hydrogen-bond donors (Lipinski definition) is 0. The van der Waals surface area contributed by atoms with E-state index in [1.807, 2.05) is 6.92 Å². The van der Waals surface area contributed by atoms with E-state index in [-0.39, 0.29) is 12.2 Å². The van der Waals surface area contributed by atoms with Crippen LogP contribution in [-0.4, -0.2) is 17.4 Å². The van der Waals surface area contributed by atoms with Crippen molar-refractivity contribution in [2.45, 2.75) is 26.2 Å². The number of rotatable bonds is 4. The van der Waals surface area contributed by atoms with Crippen molar-refractivity contribution in [3.63, 3.8) is 0 Å². The molecule has 0 aromatic carbocycles. The van der Waals surface area contributed by atoms with E-state index in [2.05, 4.69) is 0 Å². The molecule has 9 heavy (non-hydrogen) atoms. The molecule has 0 saturated heterocycles. The van der Waals surface area contributed by atoms with Crippen molar-refractivity contribution in [2.24, 2.45) is 0 Å². The zero-order valence-electron chi connectivity index (χ0n) is 5.79. The SMILES string of the molecule is CCSCC(F)(F)CC. The van der Waals surface area contributed by atoms with Gasteiger partial charge in [-0.05, 0) is 5.75 Å². The lowest BCUT2D eigenvalue weighted by Crippen LogP contribution is -2.17. The fraction of sp³-hybridized carbons (Fsp3) is 1.00. The molecule has 0 aliphatic carbocycles. The van der Waals surface area contributed by atoms with Crippen molar-refractivity contribution in [3.8, 4) is 0 Å². The molecule has 0 aromatic rings. The Morgan fingerprint density at radius 2 is 1.89 bits per heavy atom. The topological polar surface area (TPSA) is 0 Å². The number of thioether (sulfide) groups is 1. The molecule has 0 nitrogen and oxygen atoms in total. The van der Waals surface area contributed by atoms with Gasteiger partial charge < -0.3 is 0 Å². The molecular weight excluding hydrogens is 142 g/mol. The van der Waals surface area contributed by atoms with E-state index in [1.54, 1.807) is 0 Å². The lowest BCUT2D eigenvalue weighted by atomic mass is 10.3. The highest BCUT2D eigenvalue weighted by molar-refractivity contribution is 7.99. The van der Waals surface area contributed by atoms with Crippen molar-refractivity contribution >= 4 is 11.8 Å². The third kappa shape index (κ3) is 4.70. The molecule has 3 heteroatoms. The molecule has 0 amide bonds. The summed E-state index contributed by atoms with van der Waals surface area (Å²) in [6.45, 7) is 3.40. The third-order valence-electron chi connectivity index (χ3n) is 1.03. The zero-order chi connectivity index (χ0) is 7.33. The lowest BCUT2D eigenvalue weighted by molar-refractivity contribution is 0.0236. The van der Waals surface area contributed by atoms with Gasteiger partial charge >= 0.3 is 0 Å². The van der Waals surface area contributed by atoms with Crippen molar-refractivity contribution in [1.29, 1.82) is 0 Å². The molecule has 0 aromatic heterocycles. The van der Waals surface area contributed by atoms with Gasteiger partial charge in [0.15, 0.2) is 0 Å². The van der Waals surface area contributed by atoms with E-state index >= 15 is 0 Å². The van der Waals surface area contributed by atoms with Crippen LogP contribution in [0.5, 0.6) is 0 Å². The largest absolute Gasteiger partial charge is 0.256 e. The second-order valence-corrected chi connectivity index (χ2v) is 3.12. The molecule has 0 saturated carbocycles. The molecule has 0 heterocycles. The summed E-state index contributed by atoms with van der Waals surface area (Å²) < 4.78 is 24.6. The summed E-state index contributed by atoms with van der Waals surface area (Å²) in [4.78, 5) is 0. The Bertz CT molecular complexity index is 73.5. The van der Waals surface area contributed by atoms with E-state index in [0.29, 0.717) is 0 Å².